The van der Waals surface area contributed by atoms with Crippen LogP contribution in [-0.4, -0.2) is 52.2 Å². The van der Waals surface area contributed by atoms with Crippen LogP contribution in [0.1, 0.15) is 59.6 Å². The second-order valence-electron chi connectivity index (χ2n) is 7.74. The normalized spacial score (nSPS) is 17.9. The van der Waals surface area contributed by atoms with Crippen molar-refractivity contribution in [2.75, 3.05) is 24.5 Å². The number of aromatic nitrogens is 2. The van der Waals surface area contributed by atoms with Gasteiger partial charge < -0.3 is 14.5 Å². The average Bonchev–Trinajstić information content (AvgIpc) is 2.54. The number of halogens is 1. The Morgan fingerprint density at radius 1 is 1.38 bits per heavy atom. The topological polar surface area (TPSA) is 58.6 Å². The number of ether oxygens (including phenoxy) is 1. The summed E-state index contributed by atoms with van der Waals surface area (Å²) in [5, 5.41) is 0.285. The molecule has 2 heterocycles. The van der Waals surface area contributed by atoms with Gasteiger partial charge in [-0.25, -0.2) is 14.8 Å². The van der Waals surface area contributed by atoms with E-state index in [1.165, 1.54) is 0 Å². The molecule has 146 valence electrons. The van der Waals surface area contributed by atoms with Crippen molar-refractivity contribution in [1.29, 1.82) is 0 Å². The summed E-state index contributed by atoms with van der Waals surface area (Å²) in [6.07, 6.45) is 3.60. The van der Waals surface area contributed by atoms with Gasteiger partial charge in [0.1, 0.15) is 11.4 Å². The standard InChI is InChI=1S/C19H31ClN4O2/c1-6-9-14-12-16(22-17(20)21-14)23-11-8-10-15(13-23)24(7-2)18(25)26-19(3,4)5/h12,15H,6-11,13H2,1-5H3/t15-/m1/s1. The molecule has 0 aliphatic carbocycles. The third-order valence-electron chi connectivity index (χ3n) is 4.37. The maximum atomic E-state index is 12.6. The molecule has 0 saturated carbocycles. The van der Waals surface area contributed by atoms with Crippen molar-refractivity contribution < 1.29 is 9.53 Å². The molecule has 1 saturated heterocycles. The van der Waals surface area contributed by atoms with Crippen molar-refractivity contribution in [3.63, 3.8) is 0 Å². The number of amides is 1. The second-order valence-corrected chi connectivity index (χ2v) is 8.08. The Labute approximate surface area is 161 Å². The smallest absolute Gasteiger partial charge is 0.410 e. The summed E-state index contributed by atoms with van der Waals surface area (Å²) in [5.74, 6) is 0.846. The average molecular weight is 383 g/mol. The zero-order valence-electron chi connectivity index (χ0n) is 16.6. The molecule has 0 N–H and O–H groups in total. The number of hydrogen-bond donors (Lipinski definition) is 0. The molecule has 0 unspecified atom stereocenters. The van der Waals surface area contributed by atoms with Crippen LogP contribution >= 0.6 is 11.6 Å². The van der Waals surface area contributed by atoms with E-state index in [1.807, 2.05) is 38.7 Å². The molecule has 7 heteroatoms. The summed E-state index contributed by atoms with van der Waals surface area (Å²) in [7, 11) is 0. The minimum atomic E-state index is -0.492. The van der Waals surface area contributed by atoms with Crippen LogP contribution in [0, 0.1) is 0 Å². The van der Waals surface area contributed by atoms with Crippen molar-refractivity contribution >= 4 is 23.5 Å². The van der Waals surface area contributed by atoms with Gasteiger partial charge in [0, 0.05) is 31.4 Å². The van der Waals surface area contributed by atoms with Gasteiger partial charge in [-0.05, 0) is 58.6 Å². The molecule has 1 fully saturated rings. The Morgan fingerprint density at radius 2 is 2.12 bits per heavy atom. The molecule has 0 bridgehead atoms. The van der Waals surface area contributed by atoms with Crippen molar-refractivity contribution in [3.05, 3.63) is 17.0 Å². The van der Waals surface area contributed by atoms with Crippen molar-refractivity contribution in [3.8, 4) is 0 Å². The minimum absolute atomic E-state index is 0.104. The Morgan fingerprint density at radius 3 is 2.73 bits per heavy atom. The van der Waals surface area contributed by atoms with Crippen LogP contribution < -0.4 is 4.90 Å². The maximum absolute atomic E-state index is 12.6. The van der Waals surface area contributed by atoms with E-state index in [4.69, 9.17) is 16.3 Å². The van der Waals surface area contributed by atoms with Gasteiger partial charge in [-0.3, -0.25) is 0 Å². The molecule has 0 spiro atoms. The van der Waals surface area contributed by atoms with Crippen molar-refractivity contribution in [2.24, 2.45) is 0 Å². The summed E-state index contributed by atoms with van der Waals surface area (Å²) >= 11 is 6.12. The Bertz CT molecular complexity index is 618. The van der Waals surface area contributed by atoms with Gasteiger partial charge in [0.05, 0.1) is 6.04 Å². The summed E-state index contributed by atoms with van der Waals surface area (Å²) in [6.45, 7) is 12.0. The molecule has 1 amide bonds. The fourth-order valence-electron chi connectivity index (χ4n) is 3.27. The molecule has 1 aliphatic heterocycles. The van der Waals surface area contributed by atoms with Crippen LogP contribution in [-0.2, 0) is 11.2 Å². The monoisotopic (exact) mass is 382 g/mol. The van der Waals surface area contributed by atoms with Crippen molar-refractivity contribution in [2.45, 2.75) is 71.9 Å². The first-order valence-corrected chi connectivity index (χ1v) is 9.89. The number of rotatable bonds is 5. The molecule has 1 aromatic heterocycles. The summed E-state index contributed by atoms with van der Waals surface area (Å²) in [6, 6.07) is 2.12. The highest BCUT2D eigenvalue weighted by Gasteiger charge is 2.31. The predicted octanol–water partition coefficient (Wildman–Crippen LogP) is 4.31. The van der Waals surface area contributed by atoms with E-state index in [0.717, 1.165) is 50.3 Å². The van der Waals surface area contributed by atoms with Crippen LogP contribution in [0.4, 0.5) is 10.6 Å². The van der Waals surface area contributed by atoms with Crippen LogP contribution in [0.15, 0.2) is 6.07 Å². The first-order chi connectivity index (χ1) is 12.2. The number of anilines is 1. The van der Waals surface area contributed by atoms with Gasteiger partial charge in [0.25, 0.3) is 0 Å². The highest BCUT2D eigenvalue weighted by Crippen LogP contribution is 2.24. The summed E-state index contributed by atoms with van der Waals surface area (Å²) in [5.41, 5.74) is 0.470. The Kier molecular flexibility index (Phi) is 7.09. The third-order valence-corrected chi connectivity index (χ3v) is 4.54. The molecule has 6 nitrogen and oxygen atoms in total. The number of nitrogens with zero attached hydrogens (tertiary/aromatic N) is 4. The van der Waals surface area contributed by atoms with E-state index in [2.05, 4.69) is 21.8 Å². The SMILES string of the molecule is CCCc1cc(N2CCC[C@@H](N(CC)C(=O)OC(C)(C)C)C2)nc(Cl)n1. The Hall–Kier alpha value is -1.56. The molecule has 0 radical (unpaired) electrons. The van der Waals surface area contributed by atoms with Crippen LogP contribution in [0.5, 0.6) is 0 Å². The first-order valence-electron chi connectivity index (χ1n) is 9.51. The van der Waals surface area contributed by atoms with Gasteiger partial charge in [0.2, 0.25) is 5.28 Å². The van der Waals surface area contributed by atoms with E-state index in [9.17, 15) is 4.79 Å². The lowest BCUT2D eigenvalue weighted by Gasteiger charge is -2.39. The van der Waals surface area contributed by atoms with E-state index < -0.39 is 5.60 Å². The van der Waals surface area contributed by atoms with Crippen LogP contribution in [0.25, 0.3) is 0 Å². The highest BCUT2D eigenvalue weighted by molar-refractivity contribution is 6.28. The zero-order valence-corrected chi connectivity index (χ0v) is 17.3. The largest absolute Gasteiger partial charge is 0.444 e. The lowest BCUT2D eigenvalue weighted by molar-refractivity contribution is 0.0159. The second kappa shape index (κ2) is 8.89. The third kappa shape index (κ3) is 5.73. The lowest BCUT2D eigenvalue weighted by Crippen LogP contribution is -2.51. The minimum Gasteiger partial charge on any atom is -0.444 e. The molecule has 1 atom stereocenters. The quantitative estimate of drug-likeness (QED) is 0.710. The van der Waals surface area contributed by atoms with Crippen LogP contribution in [0.3, 0.4) is 0 Å². The molecule has 1 aliphatic rings. The molecule has 26 heavy (non-hydrogen) atoms. The number of carbonyl (C=O) groups is 1. The summed E-state index contributed by atoms with van der Waals surface area (Å²) < 4.78 is 5.58. The lowest BCUT2D eigenvalue weighted by atomic mass is 10.0. The molecular weight excluding hydrogens is 352 g/mol. The zero-order chi connectivity index (χ0) is 19.3. The van der Waals surface area contributed by atoms with Gasteiger partial charge in [-0.15, -0.1) is 0 Å². The van der Waals surface area contributed by atoms with Gasteiger partial charge in [-0.2, -0.15) is 0 Å². The molecule has 0 aromatic carbocycles. The van der Waals surface area contributed by atoms with E-state index in [-0.39, 0.29) is 17.4 Å². The van der Waals surface area contributed by atoms with Gasteiger partial charge in [-0.1, -0.05) is 13.3 Å². The molecule has 1 aromatic rings. The molecular formula is C19H31ClN4O2. The fourth-order valence-corrected chi connectivity index (χ4v) is 3.47. The highest BCUT2D eigenvalue weighted by atomic mass is 35.5. The first kappa shape index (κ1) is 20.7. The van der Waals surface area contributed by atoms with E-state index in [0.29, 0.717) is 6.54 Å². The predicted molar refractivity (Wildman–Crippen MR) is 105 cm³/mol. The maximum Gasteiger partial charge on any atom is 0.410 e. The number of carbonyl (C=O) groups excluding carboxylic acids is 1. The number of likely N-dealkylation sites (N-methyl/N-ethyl adjacent to an activating group) is 1. The van der Waals surface area contributed by atoms with Crippen LogP contribution in [0.2, 0.25) is 5.28 Å². The summed E-state index contributed by atoms with van der Waals surface area (Å²) in [4.78, 5) is 25.3. The number of piperidine rings is 1. The van der Waals surface area contributed by atoms with Crippen molar-refractivity contribution in [1.82, 2.24) is 14.9 Å². The number of aryl methyl sites for hydroxylation is 1. The Balaban J connectivity index is 2.14. The van der Waals surface area contributed by atoms with E-state index in [1.54, 1.807) is 0 Å². The number of hydrogen-bond acceptors (Lipinski definition) is 5. The van der Waals surface area contributed by atoms with E-state index >= 15 is 0 Å². The van der Waals surface area contributed by atoms with Gasteiger partial charge >= 0.3 is 6.09 Å². The molecule has 2 rings (SSSR count). The fraction of sp³-hybridized carbons (Fsp3) is 0.737. The van der Waals surface area contributed by atoms with Gasteiger partial charge in [0.15, 0.2) is 0 Å².